The molecule has 20 heavy (non-hydrogen) atoms. The molecule has 0 amide bonds. The van der Waals surface area contributed by atoms with E-state index >= 15 is 0 Å². The largest absolute Gasteiger partial charge is 0.477 e. The van der Waals surface area contributed by atoms with Crippen molar-refractivity contribution in [2.45, 2.75) is 20.8 Å². The van der Waals surface area contributed by atoms with E-state index in [9.17, 15) is 9.59 Å². The average molecular weight is 275 g/mol. The van der Waals surface area contributed by atoms with Crippen LogP contribution in [0.3, 0.4) is 0 Å². The molecule has 0 aliphatic heterocycles. The first-order valence-corrected chi connectivity index (χ1v) is 6.54. The highest BCUT2D eigenvalue weighted by Gasteiger charge is 2.14. The maximum absolute atomic E-state index is 11.6. The van der Waals surface area contributed by atoms with E-state index in [1.165, 1.54) is 6.07 Å². The number of benzene rings is 1. The number of carbonyl (C=O) groups is 1. The van der Waals surface area contributed by atoms with Crippen molar-refractivity contribution in [3.8, 4) is 0 Å². The van der Waals surface area contributed by atoms with Crippen LogP contribution in [-0.4, -0.2) is 24.2 Å². The zero-order valence-electron chi connectivity index (χ0n) is 11.8. The molecule has 1 aromatic heterocycles. The lowest BCUT2D eigenvalue weighted by Gasteiger charge is -2.23. The highest BCUT2D eigenvalue weighted by molar-refractivity contribution is 5.92. The first-order chi connectivity index (χ1) is 9.47. The van der Waals surface area contributed by atoms with Gasteiger partial charge in [0.05, 0.1) is 0 Å². The Bertz CT molecular complexity index is 714. The molecule has 5 nitrogen and oxygen atoms in total. The van der Waals surface area contributed by atoms with Gasteiger partial charge in [0.15, 0.2) is 0 Å². The summed E-state index contributed by atoms with van der Waals surface area (Å²) in [6.07, 6.45) is 0. The number of hydrogen-bond donors (Lipinski definition) is 1. The van der Waals surface area contributed by atoms with Crippen molar-refractivity contribution < 1.29 is 14.3 Å². The normalized spacial score (nSPS) is 10.8. The summed E-state index contributed by atoms with van der Waals surface area (Å²) in [5.41, 5.74) is 1.26. The van der Waals surface area contributed by atoms with E-state index in [0.29, 0.717) is 11.0 Å². The van der Waals surface area contributed by atoms with Gasteiger partial charge in [-0.3, -0.25) is 0 Å². The van der Waals surface area contributed by atoms with Crippen molar-refractivity contribution in [1.29, 1.82) is 0 Å². The van der Waals surface area contributed by atoms with Crippen LogP contribution >= 0.6 is 0 Å². The van der Waals surface area contributed by atoms with Gasteiger partial charge in [-0.05, 0) is 38.5 Å². The zero-order chi connectivity index (χ0) is 14.9. The van der Waals surface area contributed by atoms with Crippen molar-refractivity contribution in [1.82, 2.24) is 0 Å². The molecule has 2 aromatic rings. The van der Waals surface area contributed by atoms with Crippen LogP contribution < -0.4 is 10.5 Å². The van der Waals surface area contributed by atoms with Crippen molar-refractivity contribution in [3.05, 3.63) is 39.7 Å². The molecule has 0 fully saturated rings. The highest BCUT2D eigenvalue weighted by atomic mass is 16.4. The van der Waals surface area contributed by atoms with Crippen LogP contribution in [0.25, 0.3) is 11.0 Å². The van der Waals surface area contributed by atoms with Gasteiger partial charge in [-0.25, -0.2) is 9.59 Å². The van der Waals surface area contributed by atoms with Gasteiger partial charge in [0.25, 0.3) is 0 Å². The van der Waals surface area contributed by atoms with Crippen LogP contribution in [0.4, 0.5) is 5.69 Å². The lowest BCUT2D eigenvalue weighted by atomic mass is 10.1. The molecule has 0 bridgehead atoms. The van der Waals surface area contributed by atoms with E-state index in [2.05, 4.69) is 18.7 Å². The van der Waals surface area contributed by atoms with Crippen molar-refractivity contribution in [2.24, 2.45) is 0 Å². The Morgan fingerprint density at radius 3 is 2.45 bits per heavy atom. The quantitative estimate of drug-likeness (QED) is 0.868. The van der Waals surface area contributed by atoms with Crippen molar-refractivity contribution >= 4 is 22.6 Å². The van der Waals surface area contributed by atoms with Gasteiger partial charge in [-0.15, -0.1) is 0 Å². The Morgan fingerprint density at radius 1 is 1.25 bits per heavy atom. The number of fused-ring (bicyclic) bond motifs is 1. The molecule has 0 unspecified atom stereocenters. The minimum atomic E-state index is -1.27. The fourth-order valence-corrected chi connectivity index (χ4v) is 2.32. The maximum Gasteiger partial charge on any atom is 0.351 e. The standard InChI is InChI=1S/C15H17NO4/c1-4-16(5-2)12-8-13-10(6-9(12)3)7-11(14(17)18)15(19)20-13/h6-8H,4-5H2,1-3H3,(H,17,18). The zero-order valence-corrected chi connectivity index (χ0v) is 11.8. The Kier molecular flexibility index (Phi) is 3.79. The fraction of sp³-hybridized carbons (Fsp3) is 0.333. The van der Waals surface area contributed by atoms with E-state index in [0.717, 1.165) is 24.3 Å². The Balaban J connectivity index is 2.69. The number of carboxylic acid groups (broad SMARTS) is 1. The molecule has 1 aromatic carbocycles. The Labute approximate surface area is 116 Å². The molecule has 2 rings (SSSR count). The topological polar surface area (TPSA) is 70.8 Å². The third-order valence-electron chi connectivity index (χ3n) is 3.39. The minimum absolute atomic E-state index is 0.340. The van der Waals surface area contributed by atoms with Crippen LogP contribution in [0, 0.1) is 6.92 Å². The predicted molar refractivity (Wildman–Crippen MR) is 77.7 cm³/mol. The average Bonchev–Trinajstić information content (AvgIpc) is 2.40. The Hall–Kier alpha value is -2.30. The summed E-state index contributed by atoms with van der Waals surface area (Å²) in [5, 5.41) is 9.57. The first-order valence-electron chi connectivity index (χ1n) is 6.54. The minimum Gasteiger partial charge on any atom is -0.477 e. The lowest BCUT2D eigenvalue weighted by molar-refractivity contribution is 0.0692. The van der Waals surface area contributed by atoms with E-state index in [-0.39, 0.29) is 5.56 Å². The number of aryl methyl sites for hydroxylation is 1. The van der Waals surface area contributed by atoms with Gasteiger partial charge in [0, 0.05) is 30.2 Å². The summed E-state index contributed by atoms with van der Waals surface area (Å²) in [4.78, 5) is 24.7. The van der Waals surface area contributed by atoms with Gasteiger partial charge in [-0.2, -0.15) is 0 Å². The molecule has 0 saturated heterocycles. The summed E-state index contributed by atoms with van der Waals surface area (Å²) >= 11 is 0. The molecule has 1 heterocycles. The molecular weight excluding hydrogens is 258 g/mol. The number of rotatable bonds is 4. The number of aromatic carboxylic acids is 1. The Morgan fingerprint density at radius 2 is 1.90 bits per heavy atom. The molecule has 0 spiro atoms. The molecule has 5 heteroatoms. The highest BCUT2D eigenvalue weighted by Crippen LogP contribution is 2.26. The second-order valence-electron chi connectivity index (χ2n) is 4.60. The van der Waals surface area contributed by atoms with E-state index < -0.39 is 11.6 Å². The molecule has 0 atom stereocenters. The summed E-state index contributed by atoms with van der Waals surface area (Å²) in [7, 11) is 0. The number of hydrogen-bond acceptors (Lipinski definition) is 4. The number of carboxylic acids is 1. The summed E-state index contributed by atoms with van der Waals surface area (Å²) in [5.74, 6) is -1.27. The van der Waals surface area contributed by atoms with Gasteiger partial charge in [-0.1, -0.05) is 0 Å². The van der Waals surface area contributed by atoms with E-state index in [1.54, 1.807) is 6.07 Å². The summed E-state index contributed by atoms with van der Waals surface area (Å²) in [6.45, 7) is 7.76. The van der Waals surface area contributed by atoms with E-state index in [4.69, 9.17) is 9.52 Å². The first kappa shape index (κ1) is 14.1. The van der Waals surface area contributed by atoms with Crippen LogP contribution in [0.15, 0.2) is 27.4 Å². The van der Waals surface area contributed by atoms with Crippen LogP contribution in [0.2, 0.25) is 0 Å². The third-order valence-corrected chi connectivity index (χ3v) is 3.39. The smallest absolute Gasteiger partial charge is 0.351 e. The van der Waals surface area contributed by atoms with E-state index in [1.807, 2.05) is 13.0 Å². The van der Waals surface area contributed by atoms with Gasteiger partial charge in [0.1, 0.15) is 11.1 Å². The monoisotopic (exact) mass is 275 g/mol. The molecule has 0 radical (unpaired) electrons. The molecule has 1 N–H and O–H groups in total. The molecule has 0 aliphatic carbocycles. The second kappa shape index (κ2) is 5.36. The number of anilines is 1. The molecule has 106 valence electrons. The molecule has 0 aliphatic rings. The van der Waals surface area contributed by atoms with Gasteiger partial charge in [0.2, 0.25) is 0 Å². The van der Waals surface area contributed by atoms with Crippen molar-refractivity contribution in [3.63, 3.8) is 0 Å². The van der Waals surface area contributed by atoms with Crippen LogP contribution in [0.1, 0.15) is 29.8 Å². The fourth-order valence-electron chi connectivity index (χ4n) is 2.32. The van der Waals surface area contributed by atoms with Crippen LogP contribution in [0.5, 0.6) is 0 Å². The maximum atomic E-state index is 11.6. The lowest BCUT2D eigenvalue weighted by Crippen LogP contribution is -2.22. The van der Waals surface area contributed by atoms with Crippen molar-refractivity contribution in [2.75, 3.05) is 18.0 Å². The second-order valence-corrected chi connectivity index (χ2v) is 4.60. The summed E-state index contributed by atoms with van der Waals surface area (Å²) < 4.78 is 5.13. The van der Waals surface area contributed by atoms with Gasteiger partial charge >= 0.3 is 11.6 Å². The molecular formula is C15H17NO4. The van der Waals surface area contributed by atoms with Crippen LogP contribution in [-0.2, 0) is 0 Å². The summed E-state index contributed by atoms with van der Waals surface area (Å²) in [6, 6.07) is 5.01. The predicted octanol–water partition coefficient (Wildman–Crippen LogP) is 2.65. The SMILES string of the molecule is CCN(CC)c1cc2oc(=O)c(C(=O)O)cc2cc1C. The molecule has 0 saturated carbocycles. The van der Waals surface area contributed by atoms with Gasteiger partial charge < -0.3 is 14.4 Å². The number of nitrogens with zero attached hydrogens (tertiary/aromatic N) is 1. The third kappa shape index (κ3) is 2.39.